The van der Waals surface area contributed by atoms with E-state index in [1.807, 2.05) is 25.1 Å². The van der Waals surface area contributed by atoms with Crippen molar-refractivity contribution in [1.82, 2.24) is 31.2 Å². The number of benzene rings is 2. The molecule has 50 heavy (non-hydrogen) atoms. The third kappa shape index (κ3) is 8.10. The molecular formula is C37H39ClFN7O4. The van der Waals surface area contributed by atoms with Gasteiger partial charge in [0, 0.05) is 85.9 Å². The minimum atomic E-state index is -0.469. The molecule has 260 valence electrons. The van der Waals surface area contributed by atoms with E-state index in [1.54, 1.807) is 36.7 Å². The fourth-order valence-corrected chi connectivity index (χ4v) is 6.61. The van der Waals surface area contributed by atoms with Crippen molar-refractivity contribution in [3.8, 4) is 28.1 Å². The molecule has 6 rings (SSSR count). The van der Waals surface area contributed by atoms with Crippen molar-refractivity contribution in [1.29, 1.82) is 0 Å². The molecule has 2 fully saturated rings. The third-order valence-electron chi connectivity index (χ3n) is 9.05. The summed E-state index contributed by atoms with van der Waals surface area (Å²) in [6.45, 7) is 3.87. The van der Waals surface area contributed by atoms with Crippen LogP contribution >= 0.6 is 11.6 Å². The van der Waals surface area contributed by atoms with Crippen LogP contribution in [0.25, 0.3) is 22.4 Å². The number of aromatic nitrogens is 2. The molecule has 11 nitrogen and oxygen atoms in total. The zero-order chi connectivity index (χ0) is 35.2. The van der Waals surface area contributed by atoms with E-state index < -0.39 is 5.82 Å². The fraction of sp³-hybridized carbons (Fsp3) is 0.324. The topological polar surface area (TPSA) is 146 Å². The smallest absolute Gasteiger partial charge is 0.274 e. The van der Waals surface area contributed by atoms with Gasteiger partial charge in [-0.3, -0.25) is 24.4 Å². The third-order valence-corrected chi connectivity index (χ3v) is 9.43. The average Bonchev–Trinajstić information content (AvgIpc) is 3.73. The lowest BCUT2D eigenvalue weighted by Gasteiger charge is -2.17. The molecule has 3 amide bonds. The van der Waals surface area contributed by atoms with Crippen LogP contribution in [0.4, 0.5) is 10.1 Å². The van der Waals surface area contributed by atoms with E-state index >= 15 is 4.39 Å². The second-order valence-electron chi connectivity index (χ2n) is 12.5. The van der Waals surface area contributed by atoms with Gasteiger partial charge in [-0.1, -0.05) is 29.8 Å². The number of nitrogens with zero attached hydrogens (tertiary/aromatic N) is 2. The summed E-state index contributed by atoms with van der Waals surface area (Å²) in [4.78, 5) is 44.9. The lowest BCUT2D eigenvalue weighted by molar-refractivity contribution is -0.120. The van der Waals surface area contributed by atoms with E-state index in [0.29, 0.717) is 71.3 Å². The van der Waals surface area contributed by atoms with E-state index in [0.717, 1.165) is 29.5 Å². The van der Waals surface area contributed by atoms with Crippen molar-refractivity contribution in [2.24, 2.45) is 0 Å². The van der Waals surface area contributed by atoms with E-state index in [1.165, 1.54) is 13.2 Å². The number of nitrogens with one attached hydrogen (secondary N) is 5. The van der Waals surface area contributed by atoms with Gasteiger partial charge in [0.15, 0.2) is 0 Å². The molecule has 0 spiro atoms. The Bertz CT molecular complexity index is 1910. The zero-order valence-corrected chi connectivity index (χ0v) is 28.6. The molecule has 2 aromatic carbocycles. The SMILES string of the molecule is COc1cc(-c2nccc(-c3cccc(NC(=O)c4ccc(CNC[C@H]5CCC(=O)N5)cn4)c3C)c2Cl)cc(F)c1CNC[C@H]1CCC(=O)N1. The molecule has 5 N–H and O–H groups in total. The number of carbonyl (C=O) groups is 3. The summed E-state index contributed by atoms with van der Waals surface area (Å²) in [5.41, 5.74) is 5.21. The molecule has 2 aromatic heterocycles. The summed E-state index contributed by atoms with van der Waals surface area (Å²) in [7, 11) is 1.48. The molecule has 2 aliphatic heterocycles. The molecule has 4 aromatic rings. The minimum absolute atomic E-state index is 0.0212. The van der Waals surface area contributed by atoms with Gasteiger partial charge in [0.2, 0.25) is 11.8 Å². The van der Waals surface area contributed by atoms with Crippen LogP contribution in [0, 0.1) is 12.7 Å². The molecule has 2 aliphatic rings. The second kappa shape index (κ2) is 15.8. The Morgan fingerprint density at radius 3 is 2.32 bits per heavy atom. The maximum absolute atomic E-state index is 15.5. The number of amides is 3. The predicted molar refractivity (Wildman–Crippen MR) is 189 cm³/mol. The van der Waals surface area contributed by atoms with Crippen LogP contribution in [0.1, 0.15) is 52.9 Å². The number of carbonyl (C=O) groups excluding carboxylic acids is 3. The number of methoxy groups -OCH3 is 1. The van der Waals surface area contributed by atoms with Crippen LogP contribution in [0.5, 0.6) is 5.75 Å². The first-order valence-electron chi connectivity index (χ1n) is 16.6. The van der Waals surface area contributed by atoms with E-state index in [9.17, 15) is 14.4 Å². The standard InChI is InChI=1S/C37H39ClFN7O4/c1-21-26(4-3-5-30(21)46-37(49)31-9-6-22(17-43-31)16-40-18-24-7-10-33(47)44-24)27-12-13-42-36(35(27)38)23-14-29(39)28(32(15-23)50-2)20-41-19-25-8-11-34(48)45-25/h3-6,9,12-15,17,24-25,40-41H,7-8,10-11,16,18-20H2,1-2H3,(H,44,47)(H,45,48)(H,46,49)/t24-,25-/m1/s1. The van der Waals surface area contributed by atoms with Gasteiger partial charge < -0.3 is 31.3 Å². The zero-order valence-electron chi connectivity index (χ0n) is 27.9. The van der Waals surface area contributed by atoms with Crippen molar-refractivity contribution >= 4 is 35.0 Å². The number of halogens is 2. The highest BCUT2D eigenvalue weighted by molar-refractivity contribution is 6.35. The Morgan fingerprint density at radius 1 is 0.960 bits per heavy atom. The molecule has 4 heterocycles. The van der Waals surface area contributed by atoms with Crippen molar-refractivity contribution in [3.63, 3.8) is 0 Å². The second-order valence-corrected chi connectivity index (χ2v) is 12.9. The quantitative estimate of drug-likeness (QED) is 0.132. The first-order chi connectivity index (χ1) is 24.2. The molecule has 0 radical (unpaired) electrons. The maximum Gasteiger partial charge on any atom is 0.274 e. The highest BCUT2D eigenvalue weighted by atomic mass is 35.5. The highest BCUT2D eigenvalue weighted by Crippen LogP contribution is 2.39. The molecule has 2 saturated heterocycles. The van der Waals surface area contributed by atoms with Gasteiger partial charge in [0.1, 0.15) is 17.3 Å². The van der Waals surface area contributed by atoms with Crippen molar-refractivity contribution in [2.45, 2.75) is 57.8 Å². The predicted octanol–water partition coefficient (Wildman–Crippen LogP) is 4.91. The molecule has 0 aliphatic carbocycles. The summed E-state index contributed by atoms with van der Waals surface area (Å²) in [6.07, 6.45) is 5.90. The molecule has 0 unspecified atom stereocenters. The van der Waals surface area contributed by atoms with Gasteiger partial charge >= 0.3 is 0 Å². The number of anilines is 1. The van der Waals surface area contributed by atoms with Crippen molar-refractivity contribution in [3.05, 3.63) is 94.1 Å². The van der Waals surface area contributed by atoms with Gasteiger partial charge in [-0.2, -0.15) is 0 Å². The highest BCUT2D eigenvalue weighted by Gasteiger charge is 2.23. The number of hydrogen-bond acceptors (Lipinski definition) is 8. The van der Waals surface area contributed by atoms with Crippen LogP contribution < -0.4 is 31.3 Å². The Balaban J connectivity index is 1.14. The Labute approximate surface area is 294 Å². The summed E-state index contributed by atoms with van der Waals surface area (Å²) < 4.78 is 21.1. The summed E-state index contributed by atoms with van der Waals surface area (Å²) >= 11 is 6.96. The monoisotopic (exact) mass is 699 g/mol. The minimum Gasteiger partial charge on any atom is -0.496 e. The van der Waals surface area contributed by atoms with E-state index in [-0.39, 0.29) is 42.0 Å². The summed E-state index contributed by atoms with van der Waals surface area (Å²) in [6, 6.07) is 14.1. The molecule has 0 bridgehead atoms. The number of hydrogen-bond donors (Lipinski definition) is 5. The molecular weight excluding hydrogens is 661 g/mol. The summed E-state index contributed by atoms with van der Waals surface area (Å²) in [5.74, 6) is -0.362. The summed E-state index contributed by atoms with van der Waals surface area (Å²) in [5, 5.41) is 15.6. The van der Waals surface area contributed by atoms with Crippen LogP contribution in [-0.4, -0.2) is 60.0 Å². The maximum atomic E-state index is 15.5. The lowest BCUT2D eigenvalue weighted by atomic mass is 9.97. The Morgan fingerprint density at radius 2 is 1.68 bits per heavy atom. The van der Waals surface area contributed by atoms with Crippen LogP contribution in [-0.2, 0) is 22.7 Å². The van der Waals surface area contributed by atoms with Crippen molar-refractivity contribution in [2.75, 3.05) is 25.5 Å². The Kier molecular flexibility index (Phi) is 11.0. The van der Waals surface area contributed by atoms with Gasteiger partial charge in [-0.25, -0.2) is 4.39 Å². The van der Waals surface area contributed by atoms with Crippen LogP contribution in [0.15, 0.2) is 60.9 Å². The first-order valence-corrected chi connectivity index (χ1v) is 17.0. The van der Waals surface area contributed by atoms with Crippen molar-refractivity contribution < 1.29 is 23.5 Å². The molecule has 2 atom stereocenters. The van der Waals surface area contributed by atoms with Crippen LogP contribution in [0.3, 0.4) is 0 Å². The van der Waals surface area contributed by atoms with Gasteiger partial charge in [-0.05, 0) is 66.8 Å². The van der Waals surface area contributed by atoms with Gasteiger partial charge in [-0.15, -0.1) is 0 Å². The fourth-order valence-electron chi connectivity index (χ4n) is 6.29. The number of pyridine rings is 2. The number of rotatable bonds is 13. The lowest BCUT2D eigenvalue weighted by Crippen LogP contribution is -2.35. The van der Waals surface area contributed by atoms with Gasteiger partial charge in [0.05, 0.1) is 17.8 Å². The largest absolute Gasteiger partial charge is 0.496 e. The Hall–Kier alpha value is -4.91. The first kappa shape index (κ1) is 34.9. The van der Waals surface area contributed by atoms with E-state index in [4.69, 9.17) is 16.3 Å². The molecule has 0 saturated carbocycles. The average molecular weight is 700 g/mol. The van der Waals surface area contributed by atoms with Crippen LogP contribution in [0.2, 0.25) is 5.02 Å². The van der Waals surface area contributed by atoms with E-state index in [2.05, 4.69) is 36.6 Å². The number of ether oxygens (including phenoxy) is 1. The van der Waals surface area contributed by atoms with Gasteiger partial charge in [0.25, 0.3) is 5.91 Å². The molecule has 13 heteroatoms. The normalized spacial score (nSPS) is 17.0.